The molecule has 4 nitrogen and oxygen atoms in total. The average molecular weight is 252 g/mol. The van der Waals surface area contributed by atoms with Crippen LogP contribution in [0.1, 0.15) is 39.0 Å². The van der Waals surface area contributed by atoms with Crippen molar-refractivity contribution in [2.75, 3.05) is 0 Å². The zero-order valence-electron chi connectivity index (χ0n) is 10.7. The van der Waals surface area contributed by atoms with Crippen LogP contribution in [0.5, 0.6) is 0 Å². The maximum Gasteiger partial charge on any atom is 0.309 e. The molecular weight excluding hydrogens is 232 g/mol. The van der Waals surface area contributed by atoms with Crippen LogP contribution in [0.25, 0.3) is 0 Å². The van der Waals surface area contributed by atoms with Crippen molar-refractivity contribution in [3.8, 4) is 0 Å². The number of hydrogen-bond acceptors (Lipinski definition) is 3. The van der Waals surface area contributed by atoms with Gasteiger partial charge in [0.1, 0.15) is 6.10 Å². The van der Waals surface area contributed by atoms with E-state index in [1.807, 2.05) is 6.92 Å². The Labute approximate surface area is 107 Å². The molecule has 2 aliphatic carbocycles. The van der Waals surface area contributed by atoms with Gasteiger partial charge in [0.2, 0.25) is 0 Å². The number of carbonyl (C=O) groups is 2. The van der Waals surface area contributed by atoms with Crippen LogP contribution < -0.4 is 0 Å². The average Bonchev–Trinajstić information content (AvgIpc) is 2.62. The van der Waals surface area contributed by atoms with Crippen molar-refractivity contribution in [1.82, 2.24) is 0 Å². The summed E-state index contributed by atoms with van der Waals surface area (Å²) < 4.78 is 5.29. The van der Waals surface area contributed by atoms with Crippen LogP contribution in [0, 0.1) is 29.6 Å². The summed E-state index contributed by atoms with van der Waals surface area (Å²) in [6.45, 7) is 1.85. The number of carboxylic acid groups (broad SMARTS) is 1. The van der Waals surface area contributed by atoms with Crippen LogP contribution in [0.15, 0.2) is 0 Å². The highest BCUT2D eigenvalue weighted by Gasteiger charge is 2.56. The lowest BCUT2D eigenvalue weighted by molar-refractivity contribution is -0.152. The Bertz CT molecular complexity index is 378. The summed E-state index contributed by atoms with van der Waals surface area (Å²) in [6.07, 6.45) is 5.01. The molecule has 0 radical (unpaired) electrons. The highest BCUT2D eigenvalue weighted by molar-refractivity contribution is 5.79. The van der Waals surface area contributed by atoms with Crippen LogP contribution in [-0.2, 0) is 14.3 Å². The zero-order chi connectivity index (χ0) is 12.9. The Morgan fingerprint density at radius 3 is 2.78 bits per heavy atom. The molecule has 1 saturated heterocycles. The summed E-state index contributed by atoms with van der Waals surface area (Å²) in [5, 5.41) is 9.56. The Balaban J connectivity index is 1.94. The van der Waals surface area contributed by atoms with Crippen LogP contribution >= 0.6 is 0 Å². The minimum Gasteiger partial charge on any atom is -0.481 e. The van der Waals surface area contributed by atoms with Gasteiger partial charge in [-0.15, -0.1) is 0 Å². The largest absolute Gasteiger partial charge is 0.481 e. The van der Waals surface area contributed by atoms with Crippen molar-refractivity contribution in [2.24, 2.45) is 29.6 Å². The first-order chi connectivity index (χ1) is 8.59. The van der Waals surface area contributed by atoms with E-state index in [0.29, 0.717) is 5.92 Å². The molecule has 4 heteroatoms. The standard InChI is InChI=1S/C14H20O4/c1-7-11-10(14(17)18-7)6-8-4-2-3-5-9(8)12(11)13(15)16/h7-12H,2-6H2,1H3,(H,15,16)/t7-,8?,9-,10-,11-,12+/m1/s1. The summed E-state index contributed by atoms with van der Waals surface area (Å²) in [6, 6.07) is 0. The molecule has 100 valence electrons. The number of aliphatic carboxylic acids is 1. The Kier molecular flexibility index (Phi) is 2.83. The van der Waals surface area contributed by atoms with Crippen LogP contribution in [0.4, 0.5) is 0 Å². The van der Waals surface area contributed by atoms with Gasteiger partial charge in [-0.1, -0.05) is 19.3 Å². The Morgan fingerprint density at radius 1 is 1.33 bits per heavy atom. The van der Waals surface area contributed by atoms with E-state index >= 15 is 0 Å². The lowest BCUT2D eigenvalue weighted by atomic mass is 9.57. The SMILES string of the molecule is C[C@H]1OC(=O)[C@@H]2CC3CCCC[C@H]3[C@H](C(=O)O)[C@H]12. The minimum atomic E-state index is -0.730. The lowest BCUT2D eigenvalue weighted by Gasteiger charge is -2.44. The number of fused-ring (bicyclic) bond motifs is 2. The molecule has 6 atom stereocenters. The van der Waals surface area contributed by atoms with Gasteiger partial charge in [-0.3, -0.25) is 9.59 Å². The first-order valence-electron chi connectivity index (χ1n) is 7.03. The normalized spacial score (nSPS) is 47.1. The molecule has 0 aromatic rings. The van der Waals surface area contributed by atoms with Crippen molar-refractivity contribution >= 4 is 11.9 Å². The second-order valence-corrected chi connectivity index (χ2v) is 6.13. The van der Waals surface area contributed by atoms with E-state index in [9.17, 15) is 14.7 Å². The first-order valence-corrected chi connectivity index (χ1v) is 7.03. The van der Waals surface area contributed by atoms with Crippen molar-refractivity contribution in [1.29, 1.82) is 0 Å². The molecule has 3 fully saturated rings. The number of esters is 1. The second kappa shape index (κ2) is 4.25. The molecule has 1 unspecified atom stereocenters. The molecule has 1 heterocycles. The summed E-state index contributed by atoms with van der Waals surface area (Å²) in [5.74, 6) is -0.867. The third-order valence-corrected chi connectivity index (χ3v) is 5.30. The number of ether oxygens (including phenoxy) is 1. The van der Waals surface area contributed by atoms with Gasteiger partial charge in [0.05, 0.1) is 11.8 Å². The molecular formula is C14H20O4. The number of hydrogen-bond donors (Lipinski definition) is 1. The van der Waals surface area contributed by atoms with Crippen LogP contribution in [0.3, 0.4) is 0 Å². The van der Waals surface area contributed by atoms with Crippen LogP contribution in [0.2, 0.25) is 0 Å². The molecule has 0 spiro atoms. The molecule has 18 heavy (non-hydrogen) atoms. The van der Waals surface area contributed by atoms with Crippen molar-refractivity contribution < 1.29 is 19.4 Å². The third-order valence-electron chi connectivity index (χ3n) is 5.30. The van der Waals surface area contributed by atoms with Gasteiger partial charge in [0.15, 0.2) is 0 Å². The molecule has 1 aliphatic heterocycles. The fraction of sp³-hybridized carbons (Fsp3) is 0.857. The quantitative estimate of drug-likeness (QED) is 0.726. The number of rotatable bonds is 1. The molecule has 0 bridgehead atoms. The van der Waals surface area contributed by atoms with Gasteiger partial charge in [0.25, 0.3) is 0 Å². The zero-order valence-corrected chi connectivity index (χ0v) is 10.7. The van der Waals surface area contributed by atoms with E-state index < -0.39 is 5.97 Å². The monoisotopic (exact) mass is 252 g/mol. The van der Waals surface area contributed by atoms with E-state index in [4.69, 9.17) is 4.74 Å². The topological polar surface area (TPSA) is 63.6 Å². The molecule has 2 saturated carbocycles. The van der Waals surface area contributed by atoms with E-state index in [1.54, 1.807) is 0 Å². The lowest BCUT2D eigenvalue weighted by Crippen LogP contribution is -2.47. The van der Waals surface area contributed by atoms with Gasteiger partial charge in [-0.25, -0.2) is 0 Å². The summed E-state index contributed by atoms with van der Waals surface area (Å²) in [5.41, 5.74) is 0. The first kappa shape index (κ1) is 12.0. The highest BCUT2D eigenvalue weighted by Crippen LogP contribution is 2.52. The van der Waals surface area contributed by atoms with Gasteiger partial charge in [-0.05, 0) is 31.6 Å². The van der Waals surface area contributed by atoms with E-state index in [1.165, 1.54) is 6.42 Å². The number of cyclic esters (lactones) is 1. The predicted molar refractivity (Wildman–Crippen MR) is 63.7 cm³/mol. The molecule has 0 aromatic carbocycles. The van der Waals surface area contributed by atoms with Gasteiger partial charge < -0.3 is 9.84 Å². The van der Waals surface area contributed by atoms with E-state index in [2.05, 4.69) is 0 Å². The fourth-order valence-electron chi connectivity index (χ4n) is 4.59. The van der Waals surface area contributed by atoms with Gasteiger partial charge in [-0.2, -0.15) is 0 Å². The molecule has 0 aromatic heterocycles. The Morgan fingerprint density at radius 2 is 2.06 bits per heavy atom. The minimum absolute atomic E-state index is 0.102. The van der Waals surface area contributed by atoms with E-state index in [-0.39, 0.29) is 35.7 Å². The van der Waals surface area contributed by atoms with Gasteiger partial charge in [0, 0.05) is 5.92 Å². The highest BCUT2D eigenvalue weighted by atomic mass is 16.6. The second-order valence-electron chi connectivity index (χ2n) is 6.13. The summed E-state index contributed by atoms with van der Waals surface area (Å²) in [7, 11) is 0. The molecule has 3 aliphatic rings. The number of carbonyl (C=O) groups excluding carboxylic acids is 1. The van der Waals surface area contributed by atoms with Crippen LogP contribution in [-0.4, -0.2) is 23.1 Å². The molecule has 1 N–H and O–H groups in total. The summed E-state index contributed by atoms with van der Waals surface area (Å²) >= 11 is 0. The maximum absolute atomic E-state index is 11.8. The maximum atomic E-state index is 11.8. The number of carboxylic acids is 1. The summed E-state index contributed by atoms with van der Waals surface area (Å²) in [4.78, 5) is 23.5. The van der Waals surface area contributed by atoms with Crippen molar-refractivity contribution in [2.45, 2.75) is 45.1 Å². The van der Waals surface area contributed by atoms with Gasteiger partial charge >= 0.3 is 11.9 Å². The van der Waals surface area contributed by atoms with E-state index in [0.717, 1.165) is 25.7 Å². The smallest absolute Gasteiger partial charge is 0.309 e. The molecule has 0 amide bonds. The Hall–Kier alpha value is -1.06. The van der Waals surface area contributed by atoms with Crippen molar-refractivity contribution in [3.63, 3.8) is 0 Å². The predicted octanol–water partition coefficient (Wildman–Crippen LogP) is 2.08. The van der Waals surface area contributed by atoms with Crippen molar-refractivity contribution in [3.05, 3.63) is 0 Å². The third kappa shape index (κ3) is 1.65. The molecule has 3 rings (SSSR count). The fourth-order valence-corrected chi connectivity index (χ4v) is 4.59.